The Morgan fingerprint density at radius 1 is 1.43 bits per heavy atom. The molecule has 2 aliphatic rings. The van der Waals surface area contributed by atoms with Gasteiger partial charge < -0.3 is 4.57 Å². The van der Waals surface area contributed by atoms with Crippen molar-refractivity contribution in [2.45, 2.75) is 45.1 Å². The van der Waals surface area contributed by atoms with Crippen LogP contribution in [-0.2, 0) is 12.8 Å². The first kappa shape index (κ1) is 8.27. The zero-order chi connectivity index (χ0) is 9.71. The minimum atomic E-state index is 0.238. The first-order valence-corrected chi connectivity index (χ1v) is 5.51. The lowest BCUT2D eigenvalue weighted by Gasteiger charge is -2.21. The van der Waals surface area contributed by atoms with E-state index >= 15 is 0 Å². The number of nitrogens with zero attached hydrogens (tertiary/aromatic N) is 1. The first-order chi connectivity index (χ1) is 6.77. The van der Waals surface area contributed by atoms with E-state index in [1.807, 2.05) is 0 Å². The predicted octanol–water partition coefficient (Wildman–Crippen LogP) is 2.51. The van der Waals surface area contributed by atoms with Gasteiger partial charge in [0.1, 0.15) is 0 Å². The molecular formula is C12H15NO. The Kier molecular flexibility index (Phi) is 1.61. The van der Waals surface area contributed by atoms with Crippen LogP contribution in [0.3, 0.4) is 0 Å². The molecule has 0 fully saturated rings. The lowest BCUT2D eigenvalue weighted by molar-refractivity contribution is 0.101. The average molecular weight is 189 g/mol. The van der Waals surface area contributed by atoms with Gasteiger partial charge in [-0.2, -0.15) is 0 Å². The Hall–Kier alpha value is -1.05. The third-order valence-corrected chi connectivity index (χ3v) is 3.65. The van der Waals surface area contributed by atoms with Crippen molar-refractivity contribution in [3.8, 4) is 0 Å². The fourth-order valence-corrected chi connectivity index (χ4v) is 3.05. The lowest BCUT2D eigenvalue weighted by Crippen LogP contribution is -2.13. The predicted molar refractivity (Wildman–Crippen MR) is 54.7 cm³/mol. The molecule has 14 heavy (non-hydrogen) atoms. The largest absolute Gasteiger partial charge is 0.345 e. The molecule has 0 N–H and O–H groups in total. The molecule has 1 aromatic heterocycles. The van der Waals surface area contributed by atoms with Crippen molar-refractivity contribution in [1.29, 1.82) is 0 Å². The lowest BCUT2D eigenvalue weighted by atomic mass is 10.00. The maximum Gasteiger partial charge on any atom is 0.161 e. The van der Waals surface area contributed by atoms with E-state index < -0.39 is 0 Å². The Bertz CT molecular complexity index is 403. The number of carbonyl (C=O) groups is 1. The van der Waals surface area contributed by atoms with Crippen molar-refractivity contribution in [3.63, 3.8) is 0 Å². The summed E-state index contributed by atoms with van der Waals surface area (Å²) in [7, 11) is 0. The smallest absolute Gasteiger partial charge is 0.161 e. The van der Waals surface area contributed by atoms with Crippen LogP contribution in [0.2, 0.25) is 0 Å². The maximum atomic E-state index is 11.4. The number of Topliss-reactive ketones (excluding diaryl/α,β-unsaturated/α-hetero) is 1. The van der Waals surface area contributed by atoms with Crippen molar-refractivity contribution in [1.82, 2.24) is 4.57 Å². The van der Waals surface area contributed by atoms with Gasteiger partial charge in [-0.1, -0.05) is 0 Å². The summed E-state index contributed by atoms with van der Waals surface area (Å²) in [5, 5.41) is 0. The van der Waals surface area contributed by atoms with E-state index in [2.05, 4.69) is 10.6 Å². The van der Waals surface area contributed by atoms with E-state index in [-0.39, 0.29) is 5.78 Å². The first-order valence-electron chi connectivity index (χ1n) is 5.51. The molecule has 2 nitrogen and oxygen atoms in total. The summed E-state index contributed by atoms with van der Waals surface area (Å²) < 4.78 is 2.44. The normalized spacial score (nSPS) is 23.6. The van der Waals surface area contributed by atoms with Crippen molar-refractivity contribution in [2.24, 2.45) is 0 Å². The fraction of sp³-hybridized carbons (Fsp3) is 0.583. The zero-order valence-electron chi connectivity index (χ0n) is 8.55. The number of ketones is 1. The average Bonchev–Trinajstić information content (AvgIpc) is 2.72. The van der Waals surface area contributed by atoms with Gasteiger partial charge in [0.05, 0.1) is 0 Å². The highest BCUT2D eigenvalue weighted by molar-refractivity contribution is 5.95. The summed E-state index contributed by atoms with van der Waals surface area (Å²) in [6, 6.07) is 2.84. The highest BCUT2D eigenvalue weighted by Gasteiger charge is 2.30. The standard InChI is InChI=1S/C12H15NO/c1-8(14)11-7-10-4-2-3-9-5-6-12(11)13(9)10/h7,9H,2-6H2,1H3/t9-/m1/s1. The van der Waals surface area contributed by atoms with Gasteiger partial charge in [0, 0.05) is 23.0 Å². The molecule has 2 aliphatic heterocycles. The molecule has 0 saturated heterocycles. The van der Waals surface area contributed by atoms with E-state index in [0.717, 1.165) is 18.4 Å². The number of hydrogen-bond acceptors (Lipinski definition) is 1. The Balaban J connectivity index is 2.20. The second-order valence-electron chi connectivity index (χ2n) is 4.51. The summed E-state index contributed by atoms with van der Waals surface area (Å²) in [6.07, 6.45) is 6.14. The number of aromatic nitrogens is 1. The topological polar surface area (TPSA) is 22.0 Å². The minimum absolute atomic E-state index is 0.238. The molecule has 74 valence electrons. The van der Waals surface area contributed by atoms with Crippen LogP contribution >= 0.6 is 0 Å². The van der Waals surface area contributed by atoms with Gasteiger partial charge in [0.2, 0.25) is 0 Å². The quantitative estimate of drug-likeness (QED) is 0.622. The van der Waals surface area contributed by atoms with Gasteiger partial charge in [0.15, 0.2) is 5.78 Å². The molecule has 1 atom stereocenters. The van der Waals surface area contributed by atoms with Gasteiger partial charge in [-0.05, 0) is 45.1 Å². The van der Waals surface area contributed by atoms with E-state index in [1.54, 1.807) is 6.92 Å². The van der Waals surface area contributed by atoms with Crippen molar-refractivity contribution >= 4 is 5.78 Å². The SMILES string of the molecule is CC(=O)c1cc2n3c1CC[C@H]3CCC2. The molecule has 0 amide bonds. The molecule has 0 aromatic carbocycles. The monoisotopic (exact) mass is 189 g/mol. The van der Waals surface area contributed by atoms with Crippen LogP contribution in [0.1, 0.15) is 54.0 Å². The minimum Gasteiger partial charge on any atom is -0.345 e. The summed E-state index contributed by atoms with van der Waals surface area (Å²) in [5.74, 6) is 0.238. The number of hydrogen-bond donors (Lipinski definition) is 0. The van der Waals surface area contributed by atoms with Gasteiger partial charge in [-0.15, -0.1) is 0 Å². The highest BCUT2D eigenvalue weighted by Crippen LogP contribution is 2.38. The van der Waals surface area contributed by atoms with Crippen LogP contribution in [-0.4, -0.2) is 10.4 Å². The Labute approximate surface area is 83.9 Å². The van der Waals surface area contributed by atoms with E-state index in [9.17, 15) is 4.79 Å². The molecule has 2 heteroatoms. The number of rotatable bonds is 1. The van der Waals surface area contributed by atoms with Crippen LogP contribution in [0.5, 0.6) is 0 Å². The van der Waals surface area contributed by atoms with Crippen LogP contribution in [0.4, 0.5) is 0 Å². The Morgan fingerprint density at radius 3 is 3.07 bits per heavy atom. The van der Waals surface area contributed by atoms with Crippen LogP contribution < -0.4 is 0 Å². The van der Waals surface area contributed by atoms with Crippen molar-refractivity contribution in [3.05, 3.63) is 23.0 Å². The molecule has 3 heterocycles. The summed E-state index contributed by atoms with van der Waals surface area (Å²) in [5.41, 5.74) is 3.71. The number of carbonyl (C=O) groups excluding carboxylic acids is 1. The second-order valence-corrected chi connectivity index (χ2v) is 4.51. The van der Waals surface area contributed by atoms with E-state index in [4.69, 9.17) is 0 Å². The van der Waals surface area contributed by atoms with Crippen molar-refractivity contribution in [2.75, 3.05) is 0 Å². The van der Waals surface area contributed by atoms with Gasteiger partial charge >= 0.3 is 0 Å². The highest BCUT2D eigenvalue weighted by atomic mass is 16.1. The molecule has 0 bridgehead atoms. The third-order valence-electron chi connectivity index (χ3n) is 3.65. The van der Waals surface area contributed by atoms with Crippen LogP contribution in [0.25, 0.3) is 0 Å². The van der Waals surface area contributed by atoms with E-state index in [0.29, 0.717) is 6.04 Å². The number of aryl methyl sites for hydroxylation is 1. The summed E-state index contributed by atoms with van der Waals surface area (Å²) in [4.78, 5) is 11.4. The fourth-order valence-electron chi connectivity index (χ4n) is 3.05. The summed E-state index contributed by atoms with van der Waals surface area (Å²) >= 11 is 0. The summed E-state index contributed by atoms with van der Waals surface area (Å²) in [6.45, 7) is 1.69. The molecule has 0 saturated carbocycles. The van der Waals surface area contributed by atoms with Crippen molar-refractivity contribution < 1.29 is 4.79 Å². The molecule has 0 spiro atoms. The zero-order valence-corrected chi connectivity index (χ0v) is 8.55. The van der Waals surface area contributed by atoms with Crippen LogP contribution in [0.15, 0.2) is 6.07 Å². The van der Waals surface area contributed by atoms with Gasteiger partial charge in [-0.25, -0.2) is 0 Å². The van der Waals surface area contributed by atoms with E-state index in [1.165, 1.54) is 30.7 Å². The molecule has 0 unspecified atom stereocenters. The molecular weight excluding hydrogens is 174 g/mol. The van der Waals surface area contributed by atoms with Gasteiger partial charge in [-0.3, -0.25) is 4.79 Å². The molecule has 0 aliphatic carbocycles. The third kappa shape index (κ3) is 0.941. The molecule has 3 rings (SSSR count). The molecule has 1 aromatic rings. The maximum absolute atomic E-state index is 11.4. The Morgan fingerprint density at radius 2 is 2.29 bits per heavy atom. The van der Waals surface area contributed by atoms with Crippen LogP contribution in [0, 0.1) is 0 Å². The molecule has 0 radical (unpaired) electrons. The second kappa shape index (κ2) is 2.72. The van der Waals surface area contributed by atoms with Gasteiger partial charge in [0.25, 0.3) is 0 Å².